The second kappa shape index (κ2) is 6.93. The first-order valence-electron chi connectivity index (χ1n) is 8.87. The van der Waals surface area contributed by atoms with Crippen molar-refractivity contribution in [3.63, 3.8) is 0 Å². The smallest absolute Gasteiger partial charge is 0.0488 e. The molecule has 2 aliphatic carbocycles. The van der Waals surface area contributed by atoms with E-state index in [-0.39, 0.29) is 0 Å². The zero-order valence-corrected chi connectivity index (χ0v) is 13.4. The maximum absolute atomic E-state index is 5.95. The van der Waals surface area contributed by atoms with E-state index in [0.29, 0.717) is 12.0 Å². The highest BCUT2D eigenvalue weighted by molar-refractivity contribution is 5.30. The van der Waals surface area contributed by atoms with Crippen molar-refractivity contribution < 1.29 is 0 Å². The molecule has 3 unspecified atom stereocenters. The van der Waals surface area contributed by atoms with Crippen LogP contribution in [0, 0.1) is 11.8 Å². The second-order valence-corrected chi connectivity index (χ2v) is 7.14. The Bertz CT molecular complexity index is 453. The summed E-state index contributed by atoms with van der Waals surface area (Å²) in [4.78, 5) is 0. The predicted octanol–water partition coefficient (Wildman–Crippen LogP) is 4.67. The minimum Gasteiger partial charge on any atom is -0.271 e. The van der Waals surface area contributed by atoms with Gasteiger partial charge in [0.25, 0.3) is 0 Å². The molecule has 21 heavy (non-hydrogen) atoms. The van der Waals surface area contributed by atoms with Crippen LogP contribution in [-0.4, -0.2) is 0 Å². The van der Waals surface area contributed by atoms with E-state index in [1.54, 1.807) is 0 Å². The van der Waals surface area contributed by atoms with Crippen LogP contribution in [0.25, 0.3) is 0 Å². The molecule has 2 nitrogen and oxygen atoms in total. The number of nitrogens with two attached hydrogens (primary N) is 1. The van der Waals surface area contributed by atoms with Crippen LogP contribution >= 0.6 is 0 Å². The van der Waals surface area contributed by atoms with E-state index in [4.69, 9.17) is 5.84 Å². The average molecular weight is 286 g/mol. The van der Waals surface area contributed by atoms with Crippen LogP contribution in [0.5, 0.6) is 0 Å². The number of hydrogen-bond acceptors (Lipinski definition) is 2. The minimum absolute atomic E-state index is 0.333. The SMILES string of the molecule is CCC1CCCC(C(NN)c2cccc(C3CCC3)c2)C1. The van der Waals surface area contributed by atoms with E-state index >= 15 is 0 Å². The van der Waals surface area contributed by atoms with Crippen LogP contribution in [0.4, 0.5) is 0 Å². The van der Waals surface area contributed by atoms with Crippen molar-refractivity contribution >= 4 is 0 Å². The van der Waals surface area contributed by atoms with Crippen LogP contribution < -0.4 is 11.3 Å². The summed E-state index contributed by atoms with van der Waals surface area (Å²) in [6, 6.07) is 9.55. The topological polar surface area (TPSA) is 38.0 Å². The molecule has 0 aromatic heterocycles. The van der Waals surface area contributed by atoms with Gasteiger partial charge in [-0.25, -0.2) is 0 Å². The Morgan fingerprint density at radius 2 is 2.00 bits per heavy atom. The van der Waals surface area contributed by atoms with Crippen LogP contribution in [0.1, 0.15) is 81.4 Å². The molecule has 3 N–H and O–H groups in total. The monoisotopic (exact) mass is 286 g/mol. The second-order valence-electron chi connectivity index (χ2n) is 7.14. The molecular formula is C19H30N2. The molecule has 3 rings (SSSR count). The molecule has 2 fully saturated rings. The molecular weight excluding hydrogens is 256 g/mol. The van der Waals surface area contributed by atoms with Crippen molar-refractivity contribution in [1.82, 2.24) is 5.43 Å². The Hall–Kier alpha value is -0.860. The molecule has 2 aliphatic rings. The summed E-state index contributed by atoms with van der Waals surface area (Å²) in [5.74, 6) is 8.35. The van der Waals surface area contributed by atoms with Gasteiger partial charge < -0.3 is 0 Å². The van der Waals surface area contributed by atoms with Crippen molar-refractivity contribution in [3.8, 4) is 0 Å². The summed E-state index contributed by atoms with van der Waals surface area (Å²) < 4.78 is 0. The Labute approximate surface area is 129 Å². The zero-order valence-electron chi connectivity index (χ0n) is 13.4. The van der Waals surface area contributed by atoms with Gasteiger partial charge >= 0.3 is 0 Å². The van der Waals surface area contributed by atoms with Crippen molar-refractivity contribution in [1.29, 1.82) is 0 Å². The van der Waals surface area contributed by atoms with Gasteiger partial charge in [-0.2, -0.15) is 0 Å². The normalized spacial score (nSPS) is 28.1. The molecule has 0 radical (unpaired) electrons. The predicted molar refractivity (Wildman–Crippen MR) is 88.8 cm³/mol. The van der Waals surface area contributed by atoms with Crippen LogP contribution in [0.2, 0.25) is 0 Å². The maximum Gasteiger partial charge on any atom is 0.0488 e. The van der Waals surface area contributed by atoms with E-state index in [0.717, 1.165) is 11.8 Å². The van der Waals surface area contributed by atoms with E-state index < -0.39 is 0 Å². The van der Waals surface area contributed by atoms with Crippen LogP contribution in [0.15, 0.2) is 24.3 Å². The molecule has 2 heteroatoms. The van der Waals surface area contributed by atoms with Crippen molar-refractivity contribution in [2.45, 2.75) is 70.3 Å². The fraction of sp³-hybridized carbons (Fsp3) is 0.684. The third-order valence-corrected chi connectivity index (χ3v) is 5.90. The Balaban J connectivity index is 1.75. The largest absolute Gasteiger partial charge is 0.271 e. The average Bonchev–Trinajstić information content (AvgIpc) is 2.47. The van der Waals surface area contributed by atoms with Gasteiger partial charge in [-0.15, -0.1) is 0 Å². The first-order chi connectivity index (χ1) is 10.3. The third kappa shape index (κ3) is 3.32. The quantitative estimate of drug-likeness (QED) is 0.609. The molecule has 2 saturated carbocycles. The molecule has 0 saturated heterocycles. The summed E-state index contributed by atoms with van der Waals surface area (Å²) >= 11 is 0. The van der Waals surface area contributed by atoms with Crippen LogP contribution in [-0.2, 0) is 0 Å². The molecule has 1 aromatic rings. The minimum atomic E-state index is 0.333. The fourth-order valence-corrected chi connectivity index (χ4v) is 4.26. The lowest BCUT2D eigenvalue weighted by Gasteiger charge is -2.35. The molecule has 1 aromatic carbocycles. The molecule has 0 spiro atoms. The van der Waals surface area contributed by atoms with E-state index in [9.17, 15) is 0 Å². The van der Waals surface area contributed by atoms with Gasteiger partial charge in [-0.3, -0.25) is 11.3 Å². The molecule has 0 bridgehead atoms. The Morgan fingerprint density at radius 1 is 1.19 bits per heavy atom. The maximum atomic E-state index is 5.95. The van der Waals surface area contributed by atoms with Gasteiger partial charge in [0.2, 0.25) is 0 Å². The zero-order chi connectivity index (χ0) is 14.7. The number of hydrogen-bond donors (Lipinski definition) is 2. The first kappa shape index (κ1) is 15.1. The molecule has 0 amide bonds. The summed E-state index contributed by atoms with van der Waals surface area (Å²) in [5.41, 5.74) is 6.07. The van der Waals surface area contributed by atoms with Gasteiger partial charge in [-0.05, 0) is 54.6 Å². The van der Waals surface area contributed by atoms with Gasteiger partial charge in [-0.1, -0.05) is 56.9 Å². The highest BCUT2D eigenvalue weighted by Gasteiger charge is 2.29. The van der Waals surface area contributed by atoms with Gasteiger partial charge in [0.05, 0.1) is 0 Å². The Morgan fingerprint density at radius 3 is 2.67 bits per heavy atom. The summed E-state index contributed by atoms with van der Waals surface area (Å²) in [5, 5.41) is 0. The summed E-state index contributed by atoms with van der Waals surface area (Å²) in [6.07, 6.45) is 10.9. The summed E-state index contributed by atoms with van der Waals surface area (Å²) in [7, 11) is 0. The lowest BCUT2D eigenvalue weighted by atomic mass is 9.74. The third-order valence-electron chi connectivity index (χ3n) is 5.90. The molecule has 116 valence electrons. The van der Waals surface area contributed by atoms with Crippen molar-refractivity contribution in [2.75, 3.05) is 0 Å². The van der Waals surface area contributed by atoms with Gasteiger partial charge in [0.15, 0.2) is 0 Å². The van der Waals surface area contributed by atoms with E-state index in [1.165, 1.54) is 62.5 Å². The number of rotatable bonds is 5. The highest BCUT2D eigenvalue weighted by atomic mass is 15.2. The lowest BCUT2D eigenvalue weighted by molar-refractivity contribution is 0.210. The lowest BCUT2D eigenvalue weighted by Crippen LogP contribution is -2.36. The van der Waals surface area contributed by atoms with Crippen LogP contribution in [0.3, 0.4) is 0 Å². The summed E-state index contributed by atoms with van der Waals surface area (Å²) in [6.45, 7) is 2.33. The van der Waals surface area contributed by atoms with Gasteiger partial charge in [0, 0.05) is 6.04 Å². The fourth-order valence-electron chi connectivity index (χ4n) is 4.26. The van der Waals surface area contributed by atoms with Gasteiger partial charge in [0.1, 0.15) is 0 Å². The standard InChI is InChI=1S/C19H30N2/c1-2-14-6-3-10-17(12-14)19(21-20)18-11-5-9-16(13-18)15-7-4-8-15/h5,9,11,13-15,17,19,21H,2-4,6-8,10,12,20H2,1H3. The highest BCUT2D eigenvalue weighted by Crippen LogP contribution is 2.40. The number of nitrogens with one attached hydrogen (secondary N) is 1. The van der Waals surface area contributed by atoms with E-state index in [1.807, 2.05) is 0 Å². The van der Waals surface area contributed by atoms with E-state index in [2.05, 4.69) is 36.6 Å². The number of hydrazine groups is 1. The molecule has 0 aliphatic heterocycles. The Kier molecular flexibility index (Phi) is 4.97. The van der Waals surface area contributed by atoms with Crippen molar-refractivity contribution in [2.24, 2.45) is 17.7 Å². The van der Waals surface area contributed by atoms with Crippen molar-refractivity contribution in [3.05, 3.63) is 35.4 Å². The molecule has 3 atom stereocenters. The molecule has 0 heterocycles. The first-order valence-corrected chi connectivity index (χ1v) is 8.87. The number of benzene rings is 1.